The fourth-order valence-electron chi connectivity index (χ4n) is 4.55. The van der Waals surface area contributed by atoms with Gasteiger partial charge in [-0.1, -0.05) is 6.92 Å². The van der Waals surface area contributed by atoms with E-state index in [9.17, 15) is 4.79 Å². The number of aryl methyl sites for hydroxylation is 1. The highest BCUT2D eigenvalue weighted by Gasteiger charge is 2.24. The average Bonchev–Trinajstić information content (AvgIpc) is 3.34. The number of hydrogen-bond donors (Lipinski definition) is 1. The summed E-state index contributed by atoms with van der Waals surface area (Å²) in [6.45, 7) is 11.6. The zero-order valence-corrected chi connectivity index (χ0v) is 17.2. The molecule has 1 atom stereocenters. The lowest BCUT2D eigenvalue weighted by Gasteiger charge is -2.31. The van der Waals surface area contributed by atoms with Crippen molar-refractivity contribution in [2.45, 2.75) is 71.5 Å². The number of aromatic nitrogens is 2. The minimum atomic E-state index is 0.243. The third-order valence-electron chi connectivity index (χ3n) is 6.34. The van der Waals surface area contributed by atoms with Crippen molar-refractivity contribution in [2.24, 2.45) is 5.92 Å². The van der Waals surface area contributed by atoms with E-state index in [1.54, 1.807) is 0 Å². The molecule has 0 saturated carbocycles. The molecule has 0 bridgehead atoms. The minimum Gasteiger partial charge on any atom is -0.355 e. The first-order valence-electron chi connectivity index (χ1n) is 10.9. The molecular weight excluding hydrogens is 338 g/mol. The van der Waals surface area contributed by atoms with Crippen LogP contribution in [-0.2, 0) is 17.9 Å². The standard InChI is InChI=1S/C21H37N5O/c1-3-25-11-5-6-20(25)15-22-21(27)8-7-18-9-12-24(13-10-18)16-19-14-23-26(4-2)17-19/h14,17-18,20H,3-13,15-16H2,1-2H3,(H,22,27). The summed E-state index contributed by atoms with van der Waals surface area (Å²) < 4.78 is 1.99. The van der Waals surface area contributed by atoms with E-state index < -0.39 is 0 Å². The predicted molar refractivity (Wildman–Crippen MR) is 108 cm³/mol. The van der Waals surface area contributed by atoms with Crippen LogP contribution in [0.5, 0.6) is 0 Å². The molecular formula is C21H37N5O. The first-order valence-corrected chi connectivity index (χ1v) is 10.9. The van der Waals surface area contributed by atoms with E-state index >= 15 is 0 Å². The first-order chi connectivity index (χ1) is 13.2. The number of carbonyl (C=O) groups excluding carboxylic acids is 1. The van der Waals surface area contributed by atoms with E-state index in [-0.39, 0.29) is 5.91 Å². The van der Waals surface area contributed by atoms with Crippen LogP contribution in [0.2, 0.25) is 0 Å². The van der Waals surface area contributed by atoms with Crippen molar-refractivity contribution in [1.29, 1.82) is 0 Å². The molecule has 2 saturated heterocycles. The summed E-state index contributed by atoms with van der Waals surface area (Å²) in [5, 5.41) is 7.54. The Labute approximate surface area is 164 Å². The second-order valence-corrected chi connectivity index (χ2v) is 8.19. The summed E-state index contributed by atoms with van der Waals surface area (Å²) in [6.07, 6.45) is 10.8. The highest BCUT2D eigenvalue weighted by atomic mass is 16.1. The van der Waals surface area contributed by atoms with Gasteiger partial charge in [-0.3, -0.25) is 19.3 Å². The van der Waals surface area contributed by atoms with Crippen molar-refractivity contribution in [1.82, 2.24) is 24.9 Å². The smallest absolute Gasteiger partial charge is 0.220 e. The fourth-order valence-corrected chi connectivity index (χ4v) is 4.55. The molecule has 0 radical (unpaired) electrons. The lowest BCUT2D eigenvalue weighted by molar-refractivity contribution is -0.121. The molecule has 3 heterocycles. The zero-order valence-electron chi connectivity index (χ0n) is 17.2. The number of nitrogens with one attached hydrogen (secondary N) is 1. The van der Waals surface area contributed by atoms with Gasteiger partial charge in [0.25, 0.3) is 0 Å². The van der Waals surface area contributed by atoms with Gasteiger partial charge in [-0.15, -0.1) is 0 Å². The van der Waals surface area contributed by atoms with Crippen molar-refractivity contribution in [2.75, 3.05) is 32.7 Å². The van der Waals surface area contributed by atoms with E-state index in [4.69, 9.17) is 0 Å². The van der Waals surface area contributed by atoms with Crippen LogP contribution in [0.3, 0.4) is 0 Å². The van der Waals surface area contributed by atoms with Crippen LogP contribution in [-0.4, -0.2) is 64.3 Å². The van der Waals surface area contributed by atoms with Crippen LogP contribution in [0.25, 0.3) is 0 Å². The molecule has 2 fully saturated rings. The van der Waals surface area contributed by atoms with E-state index in [2.05, 4.69) is 40.3 Å². The SMILES string of the molecule is CCN1CCCC1CNC(=O)CCC1CCN(Cc2cnn(CC)c2)CC1. The molecule has 2 aliphatic rings. The lowest BCUT2D eigenvalue weighted by atomic mass is 9.92. The van der Waals surface area contributed by atoms with Crippen molar-refractivity contribution in [3.8, 4) is 0 Å². The van der Waals surface area contributed by atoms with Crippen LogP contribution in [0.4, 0.5) is 0 Å². The summed E-state index contributed by atoms with van der Waals surface area (Å²) in [4.78, 5) is 17.2. The third kappa shape index (κ3) is 6.04. The number of likely N-dealkylation sites (N-methyl/N-ethyl adjacent to an activating group) is 1. The highest BCUT2D eigenvalue weighted by Crippen LogP contribution is 2.23. The molecule has 1 N–H and O–H groups in total. The molecule has 152 valence electrons. The second-order valence-electron chi connectivity index (χ2n) is 8.19. The van der Waals surface area contributed by atoms with Gasteiger partial charge in [-0.05, 0) is 71.1 Å². The fraction of sp³-hybridized carbons (Fsp3) is 0.810. The van der Waals surface area contributed by atoms with Crippen LogP contribution < -0.4 is 5.32 Å². The number of nitrogens with zero attached hydrogens (tertiary/aromatic N) is 4. The van der Waals surface area contributed by atoms with E-state index in [1.807, 2.05) is 10.9 Å². The molecule has 3 rings (SSSR count). The molecule has 1 aromatic rings. The van der Waals surface area contributed by atoms with E-state index in [0.29, 0.717) is 18.4 Å². The summed E-state index contributed by atoms with van der Waals surface area (Å²) >= 11 is 0. The summed E-state index contributed by atoms with van der Waals surface area (Å²) in [5.74, 6) is 0.941. The van der Waals surface area contributed by atoms with Gasteiger partial charge in [0.2, 0.25) is 5.91 Å². The van der Waals surface area contributed by atoms with Crippen molar-refractivity contribution in [3.63, 3.8) is 0 Å². The summed E-state index contributed by atoms with van der Waals surface area (Å²) in [6, 6.07) is 0.555. The number of carbonyl (C=O) groups is 1. The van der Waals surface area contributed by atoms with Gasteiger partial charge in [0, 0.05) is 43.9 Å². The second kappa shape index (κ2) is 10.2. The number of rotatable bonds is 9. The number of piperidine rings is 1. The van der Waals surface area contributed by atoms with Crippen LogP contribution in [0.15, 0.2) is 12.4 Å². The predicted octanol–water partition coefficient (Wildman–Crippen LogP) is 2.50. The number of hydrogen-bond acceptors (Lipinski definition) is 4. The van der Waals surface area contributed by atoms with Crippen molar-refractivity contribution < 1.29 is 4.79 Å². The van der Waals surface area contributed by atoms with Crippen LogP contribution >= 0.6 is 0 Å². The molecule has 0 spiro atoms. The topological polar surface area (TPSA) is 53.4 Å². The maximum absolute atomic E-state index is 12.2. The van der Waals surface area contributed by atoms with Gasteiger partial charge in [-0.2, -0.15) is 5.10 Å². The Morgan fingerprint density at radius 3 is 2.70 bits per heavy atom. The number of amides is 1. The summed E-state index contributed by atoms with van der Waals surface area (Å²) in [7, 11) is 0. The van der Waals surface area contributed by atoms with Gasteiger partial charge in [0.05, 0.1) is 6.20 Å². The quantitative estimate of drug-likeness (QED) is 0.720. The molecule has 6 nitrogen and oxygen atoms in total. The Kier molecular flexibility index (Phi) is 7.70. The lowest BCUT2D eigenvalue weighted by Crippen LogP contribution is -2.40. The average molecular weight is 376 g/mol. The van der Waals surface area contributed by atoms with Gasteiger partial charge in [-0.25, -0.2) is 0 Å². The molecule has 0 aliphatic carbocycles. The maximum atomic E-state index is 12.2. The van der Waals surface area contributed by atoms with Gasteiger partial charge >= 0.3 is 0 Å². The van der Waals surface area contributed by atoms with Crippen LogP contribution in [0.1, 0.15) is 57.9 Å². The normalized spacial score (nSPS) is 22.4. The van der Waals surface area contributed by atoms with E-state index in [0.717, 1.165) is 45.7 Å². The van der Waals surface area contributed by atoms with Gasteiger partial charge in [0.15, 0.2) is 0 Å². The number of likely N-dealkylation sites (tertiary alicyclic amines) is 2. The monoisotopic (exact) mass is 375 g/mol. The Balaban J connectivity index is 1.29. The summed E-state index contributed by atoms with van der Waals surface area (Å²) in [5.41, 5.74) is 1.31. The maximum Gasteiger partial charge on any atom is 0.220 e. The molecule has 1 unspecified atom stereocenters. The molecule has 6 heteroatoms. The Morgan fingerprint density at radius 2 is 2.00 bits per heavy atom. The van der Waals surface area contributed by atoms with Gasteiger partial charge < -0.3 is 5.32 Å². The van der Waals surface area contributed by atoms with Gasteiger partial charge in [0.1, 0.15) is 0 Å². The Bertz CT molecular complexity index is 579. The highest BCUT2D eigenvalue weighted by molar-refractivity contribution is 5.75. The van der Waals surface area contributed by atoms with Crippen LogP contribution in [0, 0.1) is 5.92 Å². The first kappa shape index (κ1) is 20.3. The Morgan fingerprint density at radius 1 is 1.19 bits per heavy atom. The largest absolute Gasteiger partial charge is 0.355 e. The molecule has 1 aromatic heterocycles. The van der Waals surface area contributed by atoms with Crippen molar-refractivity contribution >= 4 is 5.91 Å². The Hall–Kier alpha value is -1.40. The third-order valence-corrected chi connectivity index (χ3v) is 6.34. The van der Waals surface area contributed by atoms with E-state index in [1.165, 1.54) is 37.8 Å². The van der Waals surface area contributed by atoms with Crippen molar-refractivity contribution in [3.05, 3.63) is 18.0 Å². The minimum absolute atomic E-state index is 0.243. The molecule has 0 aromatic carbocycles. The molecule has 2 aliphatic heterocycles. The zero-order chi connectivity index (χ0) is 19.1. The molecule has 27 heavy (non-hydrogen) atoms. The molecule has 1 amide bonds.